The smallest absolute Gasteiger partial charge is 0.407 e. The lowest BCUT2D eigenvalue weighted by Gasteiger charge is -2.22. The number of ketones is 1. The molecule has 1 atom stereocenters. The molecule has 0 radical (unpaired) electrons. The van der Waals surface area contributed by atoms with Gasteiger partial charge < -0.3 is 10.1 Å². The average molecular weight is 339 g/mol. The number of ether oxygens (including phenoxy) is 1. The Balaban J connectivity index is 1.81. The highest BCUT2D eigenvalue weighted by Crippen LogP contribution is 2.15. The van der Waals surface area contributed by atoms with Gasteiger partial charge in [-0.15, -0.1) is 0 Å². The van der Waals surface area contributed by atoms with Gasteiger partial charge in [0.25, 0.3) is 0 Å². The molecule has 1 aromatic rings. The van der Waals surface area contributed by atoms with Gasteiger partial charge in [0.15, 0.2) is 5.78 Å². The number of carbonyl (C=O) groups excluding carboxylic acids is 2. The highest BCUT2D eigenvalue weighted by atomic mass is 35.5. The zero-order valence-electron chi connectivity index (χ0n) is 13.8. The predicted octanol–water partition coefficient (Wildman–Crippen LogP) is 3.12. The molecular formula is C17H23ClN2O3. The second kappa shape index (κ2) is 7.32. The zero-order valence-corrected chi connectivity index (χ0v) is 14.5. The Kier molecular flexibility index (Phi) is 5.65. The van der Waals surface area contributed by atoms with E-state index in [1.165, 1.54) is 0 Å². The maximum Gasteiger partial charge on any atom is 0.407 e. The van der Waals surface area contributed by atoms with E-state index in [2.05, 4.69) is 5.32 Å². The number of Topliss-reactive ketones (excluding diaryl/α,β-unsaturated/α-hetero) is 1. The molecule has 1 aliphatic heterocycles. The largest absolute Gasteiger partial charge is 0.444 e. The molecule has 0 spiro atoms. The lowest BCUT2D eigenvalue weighted by atomic mass is 10.1. The maximum atomic E-state index is 12.3. The van der Waals surface area contributed by atoms with Gasteiger partial charge in [0.2, 0.25) is 0 Å². The summed E-state index contributed by atoms with van der Waals surface area (Å²) in [5.41, 5.74) is 0.103. The molecular weight excluding hydrogens is 316 g/mol. The summed E-state index contributed by atoms with van der Waals surface area (Å²) < 4.78 is 5.25. The molecule has 1 amide bonds. The van der Waals surface area contributed by atoms with Crippen molar-refractivity contribution in [1.82, 2.24) is 10.2 Å². The van der Waals surface area contributed by atoms with Gasteiger partial charge in [0.1, 0.15) is 5.60 Å². The van der Waals surface area contributed by atoms with Crippen LogP contribution >= 0.6 is 11.6 Å². The van der Waals surface area contributed by atoms with E-state index in [-0.39, 0.29) is 11.8 Å². The van der Waals surface area contributed by atoms with Crippen molar-refractivity contribution in [2.24, 2.45) is 0 Å². The van der Waals surface area contributed by atoms with E-state index in [1.54, 1.807) is 24.3 Å². The lowest BCUT2D eigenvalue weighted by molar-refractivity contribution is 0.0506. The first kappa shape index (κ1) is 17.8. The third-order valence-corrected chi connectivity index (χ3v) is 3.74. The van der Waals surface area contributed by atoms with Crippen molar-refractivity contribution in [3.63, 3.8) is 0 Å². The summed E-state index contributed by atoms with van der Waals surface area (Å²) >= 11 is 5.91. The van der Waals surface area contributed by atoms with Crippen LogP contribution in [0.1, 0.15) is 37.6 Å². The quantitative estimate of drug-likeness (QED) is 0.857. The normalized spacial score (nSPS) is 18.7. The minimum atomic E-state index is -0.509. The second-order valence-electron chi connectivity index (χ2n) is 6.80. The van der Waals surface area contributed by atoms with Gasteiger partial charge in [-0.2, -0.15) is 0 Å². The standard InChI is InChI=1S/C17H23ClN2O3/c1-17(2,3)23-16(22)19-14-7-8-20(10-14)11-15(21)12-5-4-6-13(18)9-12/h4-6,9,14H,7-8,10-11H2,1-3H3,(H,19,22). The lowest BCUT2D eigenvalue weighted by Crippen LogP contribution is -2.41. The van der Waals surface area contributed by atoms with Crippen LogP contribution in [-0.4, -0.2) is 48.1 Å². The molecule has 1 saturated heterocycles. The predicted molar refractivity (Wildman–Crippen MR) is 90.0 cm³/mol. The van der Waals surface area contributed by atoms with Gasteiger partial charge in [0.05, 0.1) is 6.54 Å². The number of nitrogens with one attached hydrogen (secondary N) is 1. The molecule has 126 valence electrons. The van der Waals surface area contributed by atoms with E-state index in [0.717, 1.165) is 13.0 Å². The van der Waals surface area contributed by atoms with Crippen LogP contribution in [0.5, 0.6) is 0 Å². The number of benzene rings is 1. The molecule has 0 aromatic heterocycles. The van der Waals surface area contributed by atoms with Crippen molar-refractivity contribution in [1.29, 1.82) is 0 Å². The van der Waals surface area contributed by atoms with Crippen LogP contribution in [-0.2, 0) is 4.74 Å². The summed E-state index contributed by atoms with van der Waals surface area (Å²) in [4.78, 5) is 26.1. The summed E-state index contributed by atoms with van der Waals surface area (Å²) in [6.07, 6.45) is 0.396. The topological polar surface area (TPSA) is 58.6 Å². The number of carbonyl (C=O) groups is 2. The molecule has 6 heteroatoms. The van der Waals surface area contributed by atoms with E-state index < -0.39 is 11.7 Å². The highest BCUT2D eigenvalue weighted by Gasteiger charge is 2.27. The Labute approximate surface area is 141 Å². The number of hydrogen-bond donors (Lipinski definition) is 1. The van der Waals surface area contributed by atoms with E-state index in [0.29, 0.717) is 23.7 Å². The minimum absolute atomic E-state index is 0.0111. The van der Waals surface area contributed by atoms with Crippen molar-refractivity contribution >= 4 is 23.5 Å². The average Bonchev–Trinajstić information content (AvgIpc) is 2.83. The van der Waals surface area contributed by atoms with Crippen molar-refractivity contribution in [3.8, 4) is 0 Å². The van der Waals surface area contributed by atoms with Crippen LogP contribution in [0.2, 0.25) is 5.02 Å². The van der Waals surface area contributed by atoms with Crippen LogP contribution in [0.25, 0.3) is 0 Å². The van der Waals surface area contributed by atoms with Gasteiger partial charge in [0, 0.05) is 29.7 Å². The fourth-order valence-corrected chi connectivity index (χ4v) is 2.71. The SMILES string of the molecule is CC(C)(C)OC(=O)NC1CCN(CC(=O)c2cccc(Cl)c2)C1. The van der Waals surface area contributed by atoms with Crippen LogP contribution in [0.15, 0.2) is 24.3 Å². The number of nitrogens with zero attached hydrogens (tertiary/aromatic N) is 1. The Bertz CT molecular complexity index is 583. The molecule has 1 aliphatic rings. The Morgan fingerprint density at radius 2 is 2.13 bits per heavy atom. The van der Waals surface area contributed by atoms with Gasteiger partial charge in [-0.05, 0) is 39.3 Å². The third kappa shape index (κ3) is 5.84. The fourth-order valence-electron chi connectivity index (χ4n) is 2.52. The van der Waals surface area contributed by atoms with Gasteiger partial charge in [-0.25, -0.2) is 4.79 Å². The molecule has 23 heavy (non-hydrogen) atoms. The molecule has 5 nitrogen and oxygen atoms in total. The number of hydrogen-bond acceptors (Lipinski definition) is 4. The number of rotatable bonds is 4. The maximum absolute atomic E-state index is 12.3. The summed E-state index contributed by atoms with van der Waals surface area (Å²) in [5, 5.41) is 3.41. The molecule has 1 fully saturated rings. The molecule has 1 aromatic carbocycles. The molecule has 1 heterocycles. The molecule has 2 rings (SSSR count). The number of likely N-dealkylation sites (tertiary alicyclic amines) is 1. The van der Waals surface area contributed by atoms with Crippen LogP contribution in [0.3, 0.4) is 0 Å². The van der Waals surface area contributed by atoms with Crippen LogP contribution in [0, 0.1) is 0 Å². The van der Waals surface area contributed by atoms with Crippen molar-refractivity contribution in [2.45, 2.75) is 38.8 Å². The van der Waals surface area contributed by atoms with Crippen molar-refractivity contribution < 1.29 is 14.3 Å². The van der Waals surface area contributed by atoms with Gasteiger partial charge in [-0.1, -0.05) is 23.7 Å². The van der Waals surface area contributed by atoms with Crippen molar-refractivity contribution in [2.75, 3.05) is 19.6 Å². The summed E-state index contributed by atoms with van der Waals surface area (Å²) in [6, 6.07) is 6.97. The Hall–Kier alpha value is -1.59. The molecule has 1 unspecified atom stereocenters. The first-order chi connectivity index (χ1) is 10.7. The molecule has 0 bridgehead atoms. The Morgan fingerprint density at radius 1 is 1.39 bits per heavy atom. The number of amides is 1. The zero-order chi connectivity index (χ0) is 17.0. The summed E-state index contributed by atoms with van der Waals surface area (Å²) in [6.45, 7) is 7.23. The third-order valence-electron chi connectivity index (χ3n) is 3.51. The van der Waals surface area contributed by atoms with Crippen molar-refractivity contribution in [3.05, 3.63) is 34.9 Å². The highest BCUT2D eigenvalue weighted by molar-refractivity contribution is 6.31. The first-order valence-corrected chi connectivity index (χ1v) is 8.11. The summed E-state index contributed by atoms with van der Waals surface area (Å²) in [5.74, 6) is 0.0328. The van der Waals surface area contributed by atoms with E-state index in [4.69, 9.17) is 16.3 Å². The molecule has 0 aliphatic carbocycles. The van der Waals surface area contributed by atoms with Gasteiger partial charge >= 0.3 is 6.09 Å². The second-order valence-corrected chi connectivity index (χ2v) is 7.24. The van der Waals surface area contributed by atoms with Gasteiger partial charge in [-0.3, -0.25) is 9.69 Å². The molecule has 0 saturated carbocycles. The van der Waals surface area contributed by atoms with E-state index >= 15 is 0 Å². The number of halogens is 1. The number of alkyl carbamates (subject to hydrolysis) is 1. The first-order valence-electron chi connectivity index (χ1n) is 7.73. The molecule has 1 N–H and O–H groups in total. The van der Waals surface area contributed by atoms with Crippen LogP contribution in [0.4, 0.5) is 4.79 Å². The Morgan fingerprint density at radius 3 is 2.78 bits per heavy atom. The van der Waals surface area contributed by atoms with E-state index in [1.807, 2.05) is 25.7 Å². The monoisotopic (exact) mass is 338 g/mol. The van der Waals surface area contributed by atoms with Crippen LogP contribution < -0.4 is 5.32 Å². The minimum Gasteiger partial charge on any atom is -0.444 e. The summed E-state index contributed by atoms with van der Waals surface area (Å²) in [7, 11) is 0. The fraction of sp³-hybridized carbons (Fsp3) is 0.529. The van der Waals surface area contributed by atoms with E-state index in [9.17, 15) is 9.59 Å².